The number of amides is 1. The molecule has 0 saturated carbocycles. The van der Waals surface area contributed by atoms with Crippen molar-refractivity contribution in [2.75, 3.05) is 32.0 Å². The molecule has 1 amide bonds. The summed E-state index contributed by atoms with van der Waals surface area (Å²) >= 11 is 6.13. The molecule has 2 heterocycles. The van der Waals surface area contributed by atoms with Crippen molar-refractivity contribution < 1.29 is 9.90 Å². The van der Waals surface area contributed by atoms with E-state index in [1.54, 1.807) is 11.8 Å². The second kappa shape index (κ2) is 9.00. The molecule has 3 atom stereocenters. The van der Waals surface area contributed by atoms with Gasteiger partial charge in [0.05, 0.1) is 18.6 Å². The third-order valence-electron chi connectivity index (χ3n) is 5.64. The van der Waals surface area contributed by atoms with Gasteiger partial charge >= 0.3 is 0 Å². The predicted octanol–water partition coefficient (Wildman–Crippen LogP) is 3.23. The van der Waals surface area contributed by atoms with E-state index in [1.807, 2.05) is 36.2 Å². The topological polar surface area (TPSA) is 55.8 Å². The number of thiol groups is 1. The maximum absolute atomic E-state index is 13.1. The van der Waals surface area contributed by atoms with Gasteiger partial charge in [0.15, 0.2) is 0 Å². The van der Waals surface area contributed by atoms with E-state index in [0.29, 0.717) is 13.0 Å². The van der Waals surface area contributed by atoms with Crippen molar-refractivity contribution in [3.63, 3.8) is 0 Å². The molecule has 154 valence electrons. The quantitative estimate of drug-likeness (QED) is 0.616. The molecule has 29 heavy (non-hydrogen) atoms. The zero-order valence-corrected chi connectivity index (χ0v) is 18.2. The second-order valence-electron chi connectivity index (χ2n) is 7.76. The van der Waals surface area contributed by atoms with E-state index in [-0.39, 0.29) is 22.8 Å². The van der Waals surface area contributed by atoms with E-state index in [1.165, 1.54) is 4.90 Å². The van der Waals surface area contributed by atoms with Crippen molar-refractivity contribution in [1.29, 1.82) is 0 Å². The van der Waals surface area contributed by atoms with Gasteiger partial charge in [0.2, 0.25) is 5.91 Å². The van der Waals surface area contributed by atoms with E-state index < -0.39 is 0 Å². The number of rotatable bonds is 6. The SMILES string of the molecule is CN(C(=O)Cc1ccc2c(c1)NC(S)S2)[C@H](CN1CC[C@H](O)C1)c1ccccc1. The van der Waals surface area contributed by atoms with Gasteiger partial charge in [-0.15, -0.1) is 12.6 Å². The third kappa shape index (κ3) is 4.91. The van der Waals surface area contributed by atoms with Crippen LogP contribution in [-0.2, 0) is 11.2 Å². The number of fused-ring (bicyclic) bond motifs is 1. The maximum Gasteiger partial charge on any atom is 0.227 e. The number of anilines is 1. The Balaban J connectivity index is 1.48. The van der Waals surface area contributed by atoms with Crippen LogP contribution in [0.5, 0.6) is 0 Å². The predicted molar refractivity (Wildman–Crippen MR) is 121 cm³/mol. The molecule has 2 N–H and O–H groups in total. The first-order valence-corrected chi connectivity index (χ1v) is 11.3. The lowest BCUT2D eigenvalue weighted by molar-refractivity contribution is -0.131. The Morgan fingerprint density at radius 1 is 1.34 bits per heavy atom. The molecule has 2 aromatic rings. The fraction of sp³-hybridized carbons (Fsp3) is 0.409. The Bertz CT molecular complexity index is 864. The van der Waals surface area contributed by atoms with E-state index in [9.17, 15) is 9.90 Å². The van der Waals surface area contributed by atoms with Crippen LogP contribution in [0, 0.1) is 0 Å². The molecule has 0 bridgehead atoms. The average Bonchev–Trinajstić information content (AvgIpc) is 3.30. The number of β-amino-alcohol motifs (C(OH)–C–C–N with tert-alkyl or cyclic N) is 1. The zero-order valence-electron chi connectivity index (χ0n) is 16.5. The summed E-state index contributed by atoms with van der Waals surface area (Å²) in [7, 11) is 1.89. The van der Waals surface area contributed by atoms with Crippen LogP contribution in [0.1, 0.15) is 23.6 Å². The maximum atomic E-state index is 13.1. The number of hydrogen-bond acceptors (Lipinski definition) is 6. The Morgan fingerprint density at radius 2 is 2.14 bits per heavy atom. The smallest absolute Gasteiger partial charge is 0.227 e. The first-order chi connectivity index (χ1) is 14.0. The second-order valence-corrected chi connectivity index (χ2v) is 9.77. The normalized spacial score (nSPS) is 22.2. The Morgan fingerprint density at radius 3 is 2.86 bits per heavy atom. The number of hydrogen-bond donors (Lipinski definition) is 3. The van der Waals surface area contributed by atoms with Crippen molar-refractivity contribution in [3.8, 4) is 0 Å². The number of benzene rings is 2. The molecule has 7 heteroatoms. The highest BCUT2D eigenvalue weighted by Gasteiger charge is 2.28. The fourth-order valence-corrected chi connectivity index (χ4v) is 5.31. The third-order valence-corrected chi connectivity index (χ3v) is 7.04. The Kier molecular flexibility index (Phi) is 6.39. The van der Waals surface area contributed by atoms with Crippen LogP contribution >= 0.6 is 24.4 Å². The summed E-state index contributed by atoms with van der Waals surface area (Å²) in [4.78, 5) is 18.4. The molecular weight excluding hydrogens is 402 g/mol. The van der Waals surface area contributed by atoms with Crippen molar-refractivity contribution in [1.82, 2.24) is 9.80 Å². The van der Waals surface area contributed by atoms with Gasteiger partial charge in [0.1, 0.15) is 4.71 Å². The largest absolute Gasteiger partial charge is 0.392 e. The van der Waals surface area contributed by atoms with Gasteiger partial charge in [-0.2, -0.15) is 0 Å². The monoisotopic (exact) mass is 429 g/mol. The first kappa shape index (κ1) is 20.6. The molecule has 2 aliphatic rings. The molecule has 0 aromatic heterocycles. The molecule has 0 spiro atoms. The molecule has 2 aliphatic heterocycles. The van der Waals surface area contributed by atoms with Gasteiger partial charge in [-0.3, -0.25) is 9.69 Å². The minimum absolute atomic E-state index is 0.0427. The summed E-state index contributed by atoms with van der Waals surface area (Å²) in [5.74, 6) is 0.0895. The van der Waals surface area contributed by atoms with Crippen LogP contribution in [-0.4, -0.2) is 58.3 Å². The number of likely N-dealkylation sites (N-methyl/N-ethyl adjacent to an activating group) is 1. The Labute approximate surface area is 181 Å². The number of nitrogens with zero attached hydrogens (tertiary/aromatic N) is 2. The molecule has 2 aromatic carbocycles. The Hall–Kier alpha value is -1.67. The van der Waals surface area contributed by atoms with Gasteiger partial charge in [-0.05, 0) is 29.7 Å². The summed E-state index contributed by atoms with van der Waals surface area (Å²) in [5.41, 5.74) is 3.17. The molecule has 5 nitrogen and oxygen atoms in total. The van der Waals surface area contributed by atoms with Gasteiger partial charge in [0.25, 0.3) is 0 Å². The van der Waals surface area contributed by atoms with Gasteiger partial charge < -0.3 is 15.3 Å². The van der Waals surface area contributed by atoms with E-state index >= 15 is 0 Å². The average molecular weight is 430 g/mol. The lowest BCUT2D eigenvalue weighted by Gasteiger charge is -2.32. The van der Waals surface area contributed by atoms with E-state index in [0.717, 1.165) is 36.3 Å². The number of likely N-dealkylation sites (tertiary alicyclic amines) is 1. The zero-order chi connectivity index (χ0) is 20.4. The summed E-state index contributed by atoms with van der Waals surface area (Å²) in [6, 6.07) is 16.3. The van der Waals surface area contributed by atoms with Crippen molar-refractivity contribution >= 4 is 36.0 Å². The molecule has 1 unspecified atom stereocenters. The van der Waals surface area contributed by atoms with E-state index in [4.69, 9.17) is 0 Å². The molecule has 4 rings (SSSR count). The number of carbonyl (C=O) groups excluding carboxylic acids is 1. The summed E-state index contributed by atoms with van der Waals surface area (Å²) in [6.45, 7) is 2.27. The highest BCUT2D eigenvalue weighted by molar-refractivity contribution is 8.10. The van der Waals surface area contributed by atoms with Gasteiger partial charge in [0, 0.05) is 37.3 Å². The van der Waals surface area contributed by atoms with Crippen LogP contribution in [0.3, 0.4) is 0 Å². The number of aliphatic hydroxyl groups excluding tert-OH is 1. The molecular formula is C22H27N3O2S2. The fourth-order valence-electron chi connectivity index (χ4n) is 4.01. The lowest BCUT2D eigenvalue weighted by atomic mass is 10.0. The summed E-state index contributed by atoms with van der Waals surface area (Å²) in [6.07, 6.45) is 0.894. The van der Waals surface area contributed by atoms with Crippen LogP contribution in [0.15, 0.2) is 53.4 Å². The highest BCUT2D eigenvalue weighted by atomic mass is 32.2. The minimum Gasteiger partial charge on any atom is -0.392 e. The molecule has 1 saturated heterocycles. The van der Waals surface area contributed by atoms with Gasteiger partial charge in [-0.25, -0.2) is 0 Å². The summed E-state index contributed by atoms with van der Waals surface area (Å²) in [5, 5.41) is 13.2. The van der Waals surface area contributed by atoms with Gasteiger partial charge in [-0.1, -0.05) is 48.2 Å². The number of nitrogens with one attached hydrogen (secondary N) is 1. The molecule has 0 radical (unpaired) electrons. The van der Waals surface area contributed by atoms with Crippen molar-refractivity contribution in [2.45, 2.75) is 34.6 Å². The van der Waals surface area contributed by atoms with Crippen LogP contribution in [0.4, 0.5) is 5.69 Å². The summed E-state index contributed by atoms with van der Waals surface area (Å²) < 4.78 is 0.0666. The van der Waals surface area contributed by atoms with Crippen LogP contribution in [0.25, 0.3) is 0 Å². The van der Waals surface area contributed by atoms with E-state index in [2.05, 4.69) is 47.1 Å². The lowest BCUT2D eigenvalue weighted by Crippen LogP contribution is -2.39. The van der Waals surface area contributed by atoms with Crippen LogP contribution < -0.4 is 5.32 Å². The number of aliphatic hydroxyl groups is 1. The minimum atomic E-state index is -0.264. The standard InChI is InChI=1S/C22H27N3O2S2/c1-24(21(27)12-15-7-8-20-18(11-15)23-22(28)29-20)19(16-5-3-2-4-6-16)14-25-10-9-17(26)13-25/h2-8,11,17,19,22-23,26,28H,9-10,12-14H2,1H3/t17-,19+,22?/m0/s1. The molecule has 0 aliphatic carbocycles. The number of carbonyl (C=O) groups is 1. The van der Waals surface area contributed by atoms with Crippen molar-refractivity contribution in [2.24, 2.45) is 0 Å². The highest BCUT2D eigenvalue weighted by Crippen LogP contribution is 2.40. The first-order valence-electron chi connectivity index (χ1n) is 9.95. The molecule has 1 fully saturated rings. The number of thioether (sulfide) groups is 1. The van der Waals surface area contributed by atoms with Crippen LogP contribution in [0.2, 0.25) is 0 Å². The van der Waals surface area contributed by atoms with Crippen molar-refractivity contribution in [3.05, 3.63) is 59.7 Å².